The Kier molecular flexibility index (Phi) is 3.69. The maximum atomic E-state index is 12.0. The van der Waals surface area contributed by atoms with Crippen LogP contribution in [0.15, 0.2) is 30.3 Å². The maximum absolute atomic E-state index is 12.0. The summed E-state index contributed by atoms with van der Waals surface area (Å²) >= 11 is 1.41. The molecule has 20 heavy (non-hydrogen) atoms. The zero-order valence-electron chi connectivity index (χ0n) is 11.3. The molecule has 4 nitrogen and oxygen atoms in total. The van der Waals surface area contributed by atoms with E-state index >= 15 is 0 Å². The molecule has 1 amide bonds. The molecular weight excluding hydrogens is 272 g/mol. The lowest BCUT2D eigenvalue weighted by molar-refractivity contribution is 0.0954. The molecule has 1 heterocycles. The number of carbonyl (C=O) groups is 1. The second kappa shape index (κ2) is 5.63. The zero-order chi connectivity index (χ0) is 13.9. The van der Waals surface area contributed by atoms with Crippen LogP contribution in [-0.2, 0) is 6.61 Å². The van der Waals surface area contributed by atoms with Gasteiger partial charge in [0.15, 0.2) is 0 Å². The number of thiazole rings is 1. The summed E-state index contributed by atoms with van der Waals surface area (Å²) in [6, 6.07) is 9.98. The quantitative estimate of drug-likeness (QED) is 0.920. The van der Waals surface area contributed by atoms with E-state index in [1.165, 1.54) is 11.3 Å². The van der Waals surface area contributed by atoms with Gasteiger partial charge >= 0.3 is 0 Å². The van der Waals surface area contributed by atoms with E-state index in [4.69, 9.17) is 4.74 Å². The van der Waals surface area contributed by atoms with Crippen molar-refractivity contribution in [3.63, 3.8) is 0 Å². The molecule has 0 bridgehead atoms. The Labute approximate surface area is 121 Å². The highest BCUT2D eigenvalue weighted by atomic mass is 32.1. The molecule has 1 saturated carbocycles. The van der Waals surface area contributed by atoms with Gasteiger partial charge in [-0.3, -0.25) is 4.79 Å². The van der Waals surface area contributed by atoms with Gasteiger partial charge in [-0.25, -0.2) is 4.98 Å². The molecule has 0 radical (unpaired) electrons. The molecule has 5 heteroatoms. The first-order chi connectivity index (χ1) is 9.72. The summed E-state index contributed by atoms with van der Waals surface area (Å²) in [5.74, 6) is 0.804. The van der Waals surface area contributed by atoms with E-state index in [-0.39, 0.29) is 5.91 Å². The monoisotopic (exact) mass is 288 g/mol. The largest absolute Gasteiger partial charge is 0.486 e. The number of nitrogens with one attached hydrogen (secondary N) is 1. The number of aromatic nitrogens is 1. The Bertz CT molecular complexity index is 606. The molecule has 1 aliphatic rings. The lowest BCUT2D eigenvalue weighted by Gasteiger charge is -2.02. The van der Waals surface area contributed by atoms with Crippen molar-refractivity contribution in [1.29, 1.82) is 0 Å². The van der Waals surface area contributed by atoms with Gasteiger partial charge in [-0.15, -0.1) is 11.3 Å². The lowest BCUT2D eigenvalue weighted by Crippen LogP contribution is -2.25. The summed E-state index contributed by atoms with van der Waals surface area (Å²) in [5, 5.41) is 3.81. The van der Waals surface area contributed by atoms with Crippen molar-refractivity contribution in [3.05, 3.63) is 45.9 Å². The third-order valence-corrected chi connectivity index (χ3v) is 4.19. The predicted octanol–water partition coefficient (Wildman–Crippen LogP) is 2.92. The number of para-hydroxylation sites is 1. The smallest absolute Gasteiger partial charge is 0.263 e. The number of benzene rings is 1. The highest BCUT2D eigenvalue weighted by Gasteiger charge is 2.25. The molecule has 3 rings (SSSR count). The van der Waals surface area contributed by atoms with Gasteiger partial charge in [0.25, 0.3) is 5.91 Å². The summed E-state index contributed by atoms with van der Waals surface area (Å²) < 4.78 is 5.65. The Morgan fingerprint density at radius 2 is 2.15 bits per heavy atom. The van der Waals surface area contributed by atoms with E-state index in [2.05, 4.69) is 10.3 Å². The van der Waals surface area contributed by atoms with Gasteiger partial charge in [-0.2, -0.15) is 0 Å². The van der Waals surface area contributed by atoms with E-state index in [0.717, 1.165) is 29.3 Å². The predicted molar refractivity (Wildman–Crippen MR) is 78.1 cm³/mol. The van der Waals surface area contributed by atoms with Crippen molar-refractivity contribution in [2.75, 3.05) is 0 Å². The first kappa shape index (κ1) is 13.1. The van der Waals surface area contributed by atoms with Crippen molar-refractivity contribution in [2.45, 2.75) is 32.4 Å². The minimum absolute atomic E-state index is 0.00605. The average Bonchev–Trinajstić information content (AvgIpc) is 3.18. The Hall–Kier alpha value is -1.88. The molecule has 0 aliphatic heterocycles. The Morgan fingerprint density at radius 3 is 2.85 bits per heavy atom. The summed E-state index contributed by atoms with van der Waals surface area (Å²) in [6.45, 7) is 2.26. The number of hydrogen-bond donors (Lipinski definition) is 1. The topological polar surface area (TPSA) is 51.2 Å². The minimum atomic E-state index is -0.00605. The van der Waals surface area contributed by atoms with Crippen molar-refractivity contribution in [3.8, 4) is 5.75 Å². The molecule has 1 aromatic heterocycles. The second-order valence-electron chi connectivity index (χ2n) is 4.87. The van der Waals surface area contributed by atoms with Gasteiger partial charge in [0.2, 0.25) is 0 Å². The second-order valence-corrected chi connectivity index (χ2v) is 5.96. The fourth-order valence-electron chi connectivity index (χ4n) is 1.87. The van der Waals surface area contributed by atoms with Crippen LogP contribution >= 0.6 is 11.3 Å². The van der Waals surface area contributed by atoms with Gasteiger partial charge in [0.05, 0.1) is 5.69 Å². The number of hydrogen-bond acceptors (Lipinski definition) is 4. The van der Waals surface area contributed by atoms with Crippen LogP contribution in [0.3, 0.4) is 0 Å². The third kappa shape index (κ3) is 3.17. The van der Waals surface area contributed by atoms with E-state index in [1.54, 1.807) is 0 Å². The van der Waals surface area contributed by atoms with Gasteiger partial charge in [0.1, 0.15) is 22.2 Å². The van der Waals surface area contributed by atoms with Crippen LogP contribution in [0.1, 0.15) is 33.2 Å². The summed E-state index contributed by atoms with van der Waals surface area (Å²) in [7, 11) is 0. The third-order valence-electron chi connectivity index (χ3n) is 3.07. The fraction of sp³-hybridized carbons (Fsp3) is 0.333. The zero-order valence-corrected chi connectivity index (χ0v) is 12.1. The van der Waals surface area contributed by atoms with Crippen molar-refractivity contribution >= 4 is 17.2 Å². The van der Waals surface area contributed by atoms with Gasteiger partial charge in [0, 0.05) is 6.04 Å². The SMILES string of the molecule is Cc1nc(COc2ccccc2)sc1C(=O)NC1CC1. The van der Waals surface area contributed by atoms with E-state index in [1.807, 2.05) is 37.3 Å². The molecule has 0 unspecified atom stereocenters. The number of ether oxygens (including phenoxy) is 1. The average molecular weight is 288 g/mol. The van der Waals surface area contributed by atoms with Crippen LogP contribution in [0, 0.1) is 6.92 Å². The Balaban J connectivity index is 1.64. The first-order valence-corrected chi connectivity index (χ1v) is 7.49. The normalized spacial score (nSPS) is 14.1. The van der Waals surface area contributed by atoms with Gasteiger partial charge < -0.3 is 10.1 Å². The minimum Gasteiger partial charge on any atom is -0.486 e. The van der Waals surface area contributed by atoms with E-state index < -0.39 is 0 Å². The van der Waals surface area contributed by atoms with Crippen molar-refractivity contribution < 1.29 is 9.53 Å². The number of rotatable bonds is 5. The van der Waals surface area contributed by atoms with Crippen LogP contribution in [0.4, 0.5) is 0 Å². The van der Waals surface area contributed by atoms with Crippen molar-refractivity contribution in [2.24, 2.45) is 0 Å². The molecule has 1 aromatic carbocycles. The molecular formula is C15H16N2O2S. The molecule has 104 valence electrons. The summed E-state index contributed by atoms with van der Waals surface area (Å²) in [5.41, 5.74) is 0.778. The first-order valence-electron chi connectivity index (χ1n) is 6.67. The molecule has 0 atom stereocenters. The molecule has 1 aliphatic carbocycles. The molecule has 0 saturated heterocycles. The standard InChI is InChI=1S/C15H16N2O2S/c1-10-14(15(18)17-11-7-8-11)20-13(16-10)9-19-12-5-3-2-4-6-12/h2-6,11H,7-9H2,1H3,(H,17,18). The van der Waals surface area contributed by atoms with E-state index in [9.17, 15) is 4.79 Å². The number of carbonyl (C=O) groups excluding carboxylic acids is 1. The van der Waals surface area contributed by atoms with Crippen LogP contribution in [-0.4, -0.2) is 16.9 Å². The molecule has 1 N–H and O–H groups in total. The highest BCUT2D eigenvalue weighted by molar-refractivity contribution is 7.13. The number of nitrogens with zero attached hydrogens (tertiary/aromatic N) is 1. The van der Waals surface area contributed by atoms with Crippen LogP contribution in [0.5, 0.6) is 5.75 Å². The molecule has 0 spiro atoms. The number of aryl methyl sites for hydroxylation is 1. The summed E-state index contributed by atoms with van der Waals surface area (Å²) in [6.07, 6.45) is 2.18. The van der Waals surface area contributed by atoms with Crippen molar-refractivity contribution in [1.82, 2.24) is 10.3 Å². The summed E-state index contributed by atoms with van der Waals surface area (Å²) in [4.78, 5) is 17.1. The van der Waals surface area contributed by atoms with Gasteiger partial charge in [-0.05, 0) is 31.9 Å². The van der Waals surface area contributed by atoms with Crippen LogP contribution in [0.25, 0.3) is 0 Å². The van der Waals surface area contributed by atoms with E-state index in [0.29, 0.717) is 17.5 Å². The van der Waals surface area contributed by atoms with Crippen LogP contribution < -0.4 is 10.1 Å². The maximum Gasteiger partial charge on any atom is 0.263 e. The fourth-order valence-corrected chi connectivity index (χ4v) is 2.75. The molecule has 2 aromatic rings. The lowest BCUT2D eigenvalue weighted by atomic mass is 10.3. The van der Waals surface area contributed by atoms with Crippen LogP contribution in [0.2, 0.25) is 0 Å². The molecule has 1 fully saturated rings. The number of amides is 1. The highest BCUT2D eigenvalue weighted by Crippen LogP contribution is 2.23. The van der Waals surface area contributed by atoms with Gasteiger partial charge in [-0.1, -0.05) is 18.2 Å². The Morgan fingerprint density at radius 1 is 1.40 bits per heavy atom.